The second-order valence-electron chi connectivity index (χ2n) is 8.74. The van der Waals surface area contributed by atoms with E-state index in [1.165, 1.54) is 22.3 Å². The molecule has 6 rings (SSSR count). The highest BCUT2D eigenvalue weighted by molar-refractivity contribution is 5.85. The van der Waals surface area contributed by atoms with Gasteiger partial charge in [-0.05, 0) is 72.2 Å². The summed E-state index contributed by atoms with van der Waals surface area (Å²) < 4.78 is 0. The lowest BCUT2D eigenvalue weighted by molar-refractivity contribution is 0.241. The van der Waals surface area contributed by atoms with E-state index in [4.69, 9.17) is 0 Å². The van der Waals surface area contributed by atoms with E-state index in [0.717, 1.165) is 48.4 Å². The van der Waals surface area contributed by atoms with E-state index in [-0.39, 0.29) is 6.03 Å². The number of hydrazine groups is 2. The highest BCUT2D eigenvalue weighted by Gasteiger charge is 2.25. The van der Waals surface area contributed by atoms with Gasteiger partial charge in [-0.25, -0.2) is 15.6 Å². The molecule has 2 aliphatic rings. The third-order valence-corrected chi connectivity index (χ3v) is 6.68. The van der Waals surface area contributed by atoms with Gasteiger partial charge in [-0.15, -0.1) is 0 Å². The van der Waals surface area contributed by atoms with Crippen molar-refractivity contribution >= 4 is 28.8 Å². The van der Waals surface area contributed by atoms with Gasteiger partial charge in [0, 0.05) is 0 Å². The number of carbonyl (C=O) groups is 1. The number of anilines is 4. The summed E-state index contributed by atoms with van der Waals surface area (Å²) in [5.74, 6) is 0. The Labute approximate surface area is 199 Å². The monoisotopic (exact) mass is 446 g/mol. The first-order chi connectivity index (χ1) is 16.8. The van der Waals surface area contributed by atoms with Gasteiger partial charge in [-0.2, -0.15) is 0 Å². The summed E-state index contributed by atoms with van der Waals surface area (Å²) in [5.41, 5.74) is 15.1. The lowest BCUT2D eigenvalue weighted by atomic mass is 10.0. The highest BCUT2D eigenvalue weighted by Crippen LogP contribution is 2.36. The minimum absolute atomic E-state index is 0.294. The number of carbonyl (C=O) groups excluding carboxylic acids is 1. The van der Waals surface area contributed by atoms with Crippen LogP contribution in [0.25, 0.3) is 0 Å². The summed E-state index contributed by atoms with van der Waals surface area (Å²) in [4.78, 5) is 13.5. The van der Waals surface area contributed by atoms with Crippen LogP contribution in [-0.2, 0) is 25.7 Å². The van der Waals surface area contributed by atoms with Crippen LogP contribution in [0.2, 0.25) is 0 Å². The fourth-order valence-electron chi connectivity index (χ4n) is 5.03. The second-order valence-corrected chi connectivity index (χ2v) is 8.74. The molecule has 2 aliphatic heterocycles. The maximum Gasteiger partial charge on any atom is 0.353 e. The third-order valence-electron chi connectivity index (χ3n) is 6.68. The zero-order chi connectivity index (χ0) is 22.9. The topological polar surface area (TPSA) is 47.6 Å². The van der Waals surface area contributed by atoms with Crippen molar-refractivity contribution in [1.29, 1.82) is 0 Å². The summed E-state index contributed by atoms with van der Waals surface area (Å²) in [6.45, 7) is 0. The minimum Gasteiger partial charge on any atom is -0.252 e. The van der Waals surface area contributed by atoms with Crippen LogP contribution in [0.15, 0.2) is 97.1 Å². The van der Waals surface area contributed by atoms with Gasteiger partial charge in [0.1, 0.15) is 0 Å². The summed E-state index contributed by atoms with van der Waals surface area (Å²) in [7, 11) is 0. The van der Waals surface area contributed by atoms with Crippen molar-refractivity contribution in [2.24, 2.45) is 0 Å². The number of benzene rings is 4. The molecule has 4 aromatic carbocycles. The van der Waals surface area contributed by atoms with E-state index in [1.807, 2.05) is 34.3 Å². The van der Waals surface area contributed by atoms with Crippen LogP contribution in [0.5, 0.6) is 0 Å². The second kappa shape index (κ2) is 8.60. The minimum atomic E-state index is -0.294. The average molecular weight is 447 g/mol. The molecule has 0 aliphatic carbocycles. The number of rotatable bonds is 2. The van der Waals surface area contributed by atoms with Gasteiger partial charge in [0.25, 0.3) is 0 Å². The first-order valence-corrected chi connectivity index (χ1v) is 11.8. The molecule has 0 spiro atoms. The molecule has 2 heterocycles. The Kier molecular flexibility index (Phi) is 5.15. The molecule has 2 N–H and O–H groups in total. The molecular weight excluding hydrogens is 420 g/mol. The van der Waals surface area contributed by atoms with Crippen molar-refractivity contribution in [1.82, 2.24) is 10.9 Å². The predicted octanol–water partition coefficient (Wildman–Crippen LogP) is 5.99. The standard InChI is InChI=1S/C29H26N4O/c34-29(30-32-25-13-5-1-9-21(25)17-18-22-10-2-6-14-26(22)32)31-33-27-15-7-3-11-23(27)19-20-24-12-4-8-16-28(24)33/h1-16H,17-20H2,(H2,30,31,34). The van der Waals surface area contributed by atoms with Gasteiger partial charge in [-0.3, -0.25) is 10.0 Å². The summed E-state index contributed by atoms with van der Waals surface area (Å²) in [6, 6.07) is 32.8. The smallest absolute Gasteiger partial charge is 0.252 e. The van der Waals surface area contributed by atoms with E-state index in [0.29, 0.717) is 0 Å². The zero-order valence-electron chi connectivity index (χ0n) is 18.9. The first kappa shape index (κ1) is 20.4. The number of nitrogens with one attached hydrogen (secondary N) is 2. The molecule has 0 fully saturated rings. The van der Waals surface area contributed by atoms with Crippen LogP contribution in [0.1, 0.15) is 22.3 Å². The highest BCUT2D eigenvalue weighted by atomic mass is 16.2. The molecule has 0 aromatic heterocycles. The molecule has 0 unspecified atom stereocenters. The maximum atomic E-state index is 13.5. The lowest BCUT2D eigenvalue weighted by Crippen LogP contribution is -2.50. The summed E-state index contributed by atoms with van der Waals surface area (Å²) in [6.07, 6.45) is 3.72. The van der Waals surface area contributed by atoms with Crippen LogP contribution >= 0.6 is 0 Å². The van der Waals surface area contributed by atoms with Gasteiger partial charge in [-0.1, -0.05) is 72.8 Å². The van der Waals surface area contributed by atoms with Crippen molar-refractivity contribution in [3.8, 4) is 0 Å². The maximum absolute atomic E-state index is 13.5. The van der Waals surface area contributed by atoms with E-state index in [9.17, 15) is 4.79 Å². The number of nitrogens with zero attached hydrogens (tertiary/aromatic N) is 2. The Morgan fingerprint density at radius 2 is 0.735 bits per heavy atom. The average Bonchev–Trinajstić information content (AvgIpc) is 3.14. The molecule has 0 saturated heterocycles. The van der Waals surface area contributed by atoms with E-state index < -0.39 is 0 Å². The molecule has 168 valence electrons. The lowest BCUT2D eigenvalue weighted by Gasteiger charge is -2.31. The van der Waals surface area contributed by atoms with E-state index >= 15 is 0 Å². The number of aryl methyl sites for hydroxylation is 4. The van der Waals surface area contributed by atoms with Crippen LogP contribution in [0, 0.1) is 0 Å². The van der Waals surface area contributed by atoms with Crippen molar-refractivity contribution in [3.05, 3.63) is 119 Å². The number of urea groups is 1. The van der Waals surface area contributed by atoms with Gasteiger partial charge in [0.2, 0.25) is 0 Å². The van der Waals surface area contributed by atoms with Crippen LogP contribution in [0.4, 0.5) is 27.5 Å². The number of fused-ring (bicyclic) bond motifs is 4. The van der Waals surface area contributed by atoms with Crippen molar-refractivity contribution in [2.45, 2.75) is 25.7 Å². The van der Waals surface area contributed by atoms with E-state index in [1.54, 1.807) is 0 Å². The summed E-state index contributed by atoms with van der Waals surface area (Å²) >= 11 is 0. The molecule has 34 heavy (non-hydrogen) atoms. The quantitative estimate of drug-likeness (QED) is 0.398. The fourth-order valence-corrected chi connectivity index (χ4v) is 5.03. The molecular formula is C29H26N4O. The Balaban J connectivity index is 1.36. The van der Waals surface area contributed by atoms with Gasteiger partial charge >= 0.3 is 6.03 Å². The predicted molar refractivity (Wildman–Crippen MR) is 137 cm³/mol. The number of amides is 2. The molecule has 0 radical (unpaired) electrons. The fraction of sp³-hybridized carbons (Fsp3) is 0.138. The number of para-hydroxylation sites is 4. The Hall–Kier alpha value is -4.25. The van der Waals surface area contributed by atoms with E-state index in [2.05, 4.69) is 83.6 Å². The number of hydrogen-bond acceptors (Lipinski definition) is 3. The van der Waals surface area contributed by atoms with Crippen molar-refractivity contribution < 1.29 is 4.79 Å². The van der Waals surface area contributed by atoms with Crippen LogP contribution < -0.4 is 20.9 Å². The third kappa shape index (κ3) is 3.65. The first-order valence-electron chi connectivity index (χ1n) is 11.8. The van der Waals surface area contributed by atoms with Crippen molar-refractivity contribution in [2.75, 3.05) is 10.0 Å². The Bertz CT molecular complexity index is 1170. The molecule has 5 heteroatoms. The van der Waals surface area contributed by atoms with Crippen molar-refractivity contribution in [3.63, 3.8) is 0 Å². The normalized spacial score (nSPS) is 14.0. The molecule has 4 aromatic rings. The zero-order valence-corrected chi connectivity index (χ0v) is 18.9. The Morgan fingerprint density at radius 1 is 0.471 bits per heavy atom. The molecule has 0 saturated carbocycles. The Morgan fingerprint density at radius 3 is 1.03 bits per heavy atom. The molecule has 2 amide bonds. The SMILES string of the molecule is O=C(NN1c2ccccc2CCc2ccccc21)NN1c2ccccc2CCc2ccccc21. The largest absolute Gasteiger partial charge is 0.353 e. The van der Waals surface area contributed by atoms with Gasteiger partial charge in [0.05, 0.1) is 22.7 Å². The molecule has 0 bridgehead atoms. The van der Waals surface area contributed by atoms with Gasteiger partial charge < -0.3 is 0 Å². The summed E-state index contributed by atoms with van der Waals surface area (Å²) in [5, 5.41) is 3.84. The number of hydrogen-bond donors (Lipinski definition) is 2. The van der Waals surface area contributed by atoms with Crippen LogP contribution in [-0.4, -0.2) is 6.03 Å². The molecule has 5 nitrogen and oxygen atoms in total. The van der Waals surface area contributed by atoms with Crippen LogP contribution in [0.3, 0.4) is 0 Å². The molecule has 0 atom stereocenters. The van der Waals surface area contributed by atoms with Gasteiger partial charge in [0.15, 0.2) is 0 Å².